The molecule has 32 heavy (non-hydrogen) atoms. The molecule has 0 amide bonds. The van der Waals surface area contributed by atoms with E-state index in [9.17, 15) is 4.79 Å². The van der Waals surface area contributed by atoms with Crippen molar-refractivity contribution in [1.82, 2.24) is 4.90 Å². The number of ketones is 1. The van der Waals surface area contributed by atoms with Crippen LogP contribution in [0.25, 0.3) is 0 Å². The Bertz CT molecular complexity index is 1080. The minimum atomic E-state index is 0.0497. The normalized spacial score (nSPS) is 15.6. The van der Waals surface area contributed by atoms with Gasteiger partial charge in [-0.15, -0.1) is 0 Å². The highest BCUT2D eigenvalue weighted by Gasteiger charge is 2.23. The van der Waals surface area contributed by atoms with Crippen molar-refractivity contribution >= 4 is 23.1 Å². The number of rotatable bonds is 8. The lowest BCUT2D eigenvalue weighted by atomic mass is 10.0. The van der Waals surface area contributed by atoms with Gasteiger partial charge >= 0.3 is 0 Å². The average molecular weight is 445 g/mol. The molecular weight excluding hydrogens is 416 g/mol. The summed E-state index contributed by atoms with van der Waals surface area (Å²) in [5, 5.41) is 0.812. The molecule has 4 heteroatoms. The second kappa shape index (κ2) is 10.6. The van der Waals surface area contributed by atoms with Crippen molar-refractivity contribution < 1.29 is 4.79 Å². The van der Waals surface area contributed by atoms with Crippen LogP contribution in [0, 0.1) is 0 Å². The largest absolute Gasteiger partial charge is 0.341 e. The van der Waals surface area contributed by atoms with E-state index in [0.717, 1.165) is 49.5 Å². The van der Waals surface area contributed by atoms with Crippen molar-refractivity contribution in [3.05, 3.63) is 112 Å². The number of carbonyl (C=O) groups is 1. The number of likely N-dealkylation sites (N-methyl/N-ethyl adjacent to an activating group) is 1. The summed E-state index contributed by atoms with van der Waals surface area (Å²) in [6.45, 7) is 2.61. The van der Waals surface area contributed by atoms with E-state index in [-0.39, 0.29) is 5.78 Å². The quantitative estimate of drug-likeness (QED) is 0.360. The molecule has 0 bridgehead atoms. The molecular formula is C28H29ClN2O. The summed E-state index contributed by atoms with van der Waals surface area (Å²) in [4.78, 5) is 16.9. The van der Waals surface area contributed by atoms with Gasteiger partial charge in [0.05, 0.1) is 0 Å². The third-order valence-corrected chi connectivity index (χ3v) is 6.19. The molecule has 4 rings (SSSR count). The zero-order valence-electron chi connectivity index (χ0n) is 18.5. The third-order valence-electron chi connectivity index (χ3n) is 5.93. The highest BCUT2D eigenvalue weighted by molar-refractivity contribution is 6.31. The molecule has 164 valence electrons. The lowest BCUT2D eigenvalue weighted by molar-refractivity contribution is 0.104. The third kappa shape index (κ3) is 5.48. The van der Waals surface area contributed by atoms with E-state index in [0.29, 0.717) is 0 Å². The lowest BCUT2D eigenvalue weighted by Crippen LogP contribution is -2.29. The Morgan fingerprint density at radius 1 is 1.06 bits per heavy atom. The van der Waals surface area contributed by atoms with Crippen LogP contribution >= 0.6 is 11.6 Å². The number of halogens is 1. The van der Waals surface area contributed by atoms with E-state index in [4.69, 9.17) is 11.6 Å². The molecule has 0 aromatic heterocycles. The predicted octanol–water partition coefficient (Wildman–Crippen LogP) is 6.15. The van der Waals surface area contributed by atoms with Crippen LogP contribution in [0.3, 0.4) is 0 Å². The van der Waals surface area contributed by atoms with Gasteiger partial charge in [-0.1, -0.05) is 78.4 Å². The van der Waals surface area contributed by atoms with E-state index in [1.807, 2.05) is 36.4 Å². The first-order valence-corrected chi connectivity index (χ1v) is 11.6. The van der Waals surface area contributed by atoms with Gasteiger partial charge in [-0.05, 0) is 62.2 Å². The molecule has 2 aromatic carbocycles. The molecule has 1 heterocycles. The van der Waals surface area contributed by atoms with Crippen LogP contribution in [0.15, 0.2) is 101 Å². The average Bonchev–Trinajstić information content (AvgIpc) is 2.96. The maximum atomic E-state index is 12.2. The molecule has 0 spiro atoms. The SMILES string of the molecule is CN(C/C=C/C(=O)c1ccccc1)CCCN1C2=CC(Cl)=CCC2=CCc2ccccc21. The van der Waals surface area contributed by atoms with Crippen LogP contribution < -0.4 is 4.90 Å². The van der Waals surface area contributed by atoms with E-state index < -0.39 is 0 Å². The molecule has 0 saturated heterocycles. The summed E-state index contributed by atoms with van der Waals surface area (Å²) in [5.74, 6) is 0.0497. The van der Waals surface area contributed by atoms with Crippen molar-refractivity contribution in [2.75, 3.05) is 31.6 Å². The van der Waals surface area contributed by atoms with Crippen LogP contribution in [-0.4, -0.2) is 37.4 Å². The van der Waals surface area contributed by atoms with Crippen LogP contribution in [0.2, 0.25) is 0 Å². The number of anilines is 1. The summed E-state index contributed by atoms with van der Waals surface area (Å²) in [5.41, 5.74) is 5.91. The number of allylic oxidation sites excluding steroid dienone is 6. The Balaban J connectivity index is 1.37. The van der Waals surface area contributed by atoms with Gasteiger partial charge in [0.2, 0.25) is 0 Å². The van der Waals surface area contributed by atoms with Crippen molar-refractivity contribution in [2.45, 2.75) is 19.3 Å². The highest BCUT2D eigenvalue weighted by atomic mass is 35.5. The molecule has 0 saturated carbocycles. The number of hydrogen-bond acceptors (Lipinski definition) is 3. The number of fused-ring (bicyclic) bond motifs is 2. The molecule has 1 aliphatic heterocycles. The zero-order valence-corrected chi connectivity index (χ0v) is 19.3. The van der Waals surface area contributed by atoms with Gasteiger partial charge in [-0.25, -0.2) is 0 Å². The van der Waals surface area contributed by atoms with E-state index in [2.05, 4.69) is 59.3 Å². The smallest absolute Gasteiger partial charge is 0.185 e. The molecule has 3 nitrogen and oxygen atoms in total. The lowest BCUT2D eigenvalue weighted by Gasteiger charge is -2.31. The van der Waals surface area contributed by atoms with Gasteiger partial charge in [-0.2, -0.15) is 0 Å². The summed E-state index contributed by atoms with van der Waals surface area (Å²) < 4.78 is 0. The molecule has 0 atom stereocenters. The van der Waals surface area contributed by atoms with Gasteiger partial charge in [0.1, 0.15) is 0 Å². The molecule has 0 N–H and O–H groups in total. The fourth-order valence-electron chi connectivity index (χ4n) is 4.21. The topological polar surface area (TPSA) is 23.6 Å². The second-order valence-corrected chi connectivity index (χ2v) is 8.72. The second-order valence-electron chi connectivity index (χ2n) is 8.28. The number of nitrogens with zero attached hydrogens (tertiary/aromatic N) is 2. The molecule has 0 fully saturated rings. The van der Waals surface area contributed by atoms with Gasteiger partial charge in [0, 0.05) is 35.1 Å². The van der Waals surface area contributed by atoms with E-state index in [1.165, 1.54) is 22.5 Å². The Kier molecular flexibility index (Phi) is 7.41. The molecule has 2 aromatic rings. The Labute approximate surface area is 196 Å². The zero-order chi connectivity index (χ0) is 22.3. The fourth-order valence-corrected chi connectivity index (χ4v) is 4.39. The predicted molar refractivity (Wildman–Crippen MR) is 134 cm³/mol. The van der Waals surface area contributed by atoms with E-state index >= 15 is 0 Å². The van der Waals surface area contributed by atoms with E-state index in [1.54, 1.807) is 6.08 Å². The van der Waals surface area contributed by atoms with Gasteiger partial charge in [0.25, 0.3) is 0 Å². The van der Waals surface area contributed by atoms with Crippen LogP contribution in [0.5, 0.6) is 0 Å². The molecule has 0 radical (unpaired) electrons. The Morgan fingerprint density at radius 3 is 2.69 bits per heavy atom. The van der Waals surface area contributed by atoms with Gasteiger partial charge < -0.3 is 9.80 Å². The summed E-state index contributed by atoms with van der Waals surface area (Å²) in [6, 6.07) is 18.0. The maximum absolute atomic E-state index is 12.2. The van der Waals surface area contributed by atoms with Crippen molar-refractivity contribution in [1.29, 1.82) is 0 Å². The summed E-state index contributed by atoms with van der Waals surface area (Å²) >= 11 is 6.38. The summed E-state index contributed by atoms with van der Waals surface area (Å²) in [6.07, 6.45) is 13.0. The number of hydrogen-bond donors (Lipinski definition) is 0. The Morgan fingerprint density at radius 2 is 1.84 bits per heavy atom. The first-order valence-electron chi connectivity index (χ1n) is 11.2. The first-order chi connectivity index (χ1) is 15.6. The van der Waals surface area contributed by atoms with Gasteiger partial charge in [-0.3, -0.25) is 4.79 Å². The molecule has 2 aliphatic rings. The van der Waals surface area contributed by atoms with Crippen LogP contribution in [-0.2, 0) is 6.42 Å². The summed E-state index contributed by atoms with van der Waals surface area (Å²) in [7, 11) is 2.10. The maximum Gasteiger partial charge on any atom is 0.185 e. The van der Waals surface area contributed by atoms with Gasteiger partial charge in [0.15, 0.2) is 5.78 Å². The van der Waals surface area contributed by atoms with Crippen molar-refractivity contribution in [2.24, 2.45) is 0 Å². The standard InChI is InChI=1S/C28H29ClN2O/c1-30(18-7-13-28(32)24-10-3-2-4-11-24)19-8-20-31-26-12-6-5-9-22(26)14-15-23-16-17-25(29)21-27(23)31/h2-7,9-13,15,17,21H,8,14,16,18-20H2,1H3/b13-7+. The fraction of sp³-hybridized carbons (Fsp3) is 0.250. The minimum Gasteiger partial charge on any atom is -0.341 e. The number of carbonyl (C=O) groups excluding carboxylic acids is 1. The van der Waals surface area contributed by atoms with Crippen LogP contribution in [0.1, 0.15) is 28.8 Å². The molecule has 1 aliphatic carbocycles. The first kappa shape index (κ1) is 22.3. The molecule has 0 unspecified atom stereocenters. The number of benzene rings is 2. The number of para-hydroxylation sites is 1. The van der Waals surface area contributed by atoms with Crippen molar-refractivity contribution in [3.8, 4) is 0 Å². The minimum absolute atomic E-state index is 0.0497. The van der Waals surface area contributed by atoms with Crippen LogP contribution in [0.4, 0.5) is 5.69 Å². The highest BCUT2D eigenvalue weighted by Crippen LogP contribution is 2.36. The monoisotopic (exact) mass is 444 g/mol. The van der Waals surface area contributed by atoms with Crippen molar-refractivity contribution in [3.63, 3.8) is 0 Å². The Hall–Kier alpha value is -2.88.